The van der Waals surface area contributed by atoms with Crippen LogP contribution in [0, 0.1) is 5.82 Å². The van der Waals surface area contributed by atoms with Gasteiger partial charge in [-0.15, -0.1) is 0 Å². The highest BCUT2D eigenvalue weighted by Crippen LogP contribution is 2.09. The summed E-state index contributed by atoms with van der Waals surface area (Å²) in [6.07, 6.45) is 4.59. The third kappa shape index (κ3) is 5.17. The summed E-state index contributed by atoms with van der Waals surface area (Å²) < 4.78 is 14.9. The normalized spacial score (nSPS) is 11.4. The molecule has 0 fully saturated rings. The Morgan fingerprint density at radius 1 is 1.11 bits per heavy atom. The van der Waals surface area contributed by atoms with Gasteiger partial charge in [-0.1, -0.05) is 24.3 Å². The van der Waals surface area contributed by atoms with E-state index in [1.54, 1.807) is 25.4 Å². The molecule has 0 saturated heterocycles. The number of benzene rings is 2. The molecule has 0 aliphatic heterocycles. The number of rotatable bonds is 6. The molecule has 0 spiro atoms. The molecule has 27 heavy (non-hydrogen) atoms. The molecule has 0 saturated carbocycles. The van der Waals surface area contributed by atoms with Crippen LogP contribution in [0.4, 0.5) is 4.39 Å². The molecule has 1 aromatic heterocycles. The van der Waals surface area contributed by atoms with Gasteiger partial charge in [-0.3, -0.25) is 4.99 Å². The molecule has 140 valence electrons. The van der Waals surface area contributed by atoms with Gasteiger partial charge >= 0.3 is 0 Å². The first-order valence-corrected chi connectivity index (χ1v) is 8.91. The van der Waals surface area contributed by atoms with E-state index in [4.69, 9.17) is 0 Å². The van der Waals surface area contributed by atoms with E-state index >= 15 is 0 Å². The van der Waals surface area contributed by atoms with Gasteiger partial charge in [-0.2, -0.15) is 5.10 Å². The zero-order valence-corrected chi connectivity index (χ0v) is 15.6. The molecule has 1 heterocycles. The fourth-order valence-electron chi connectivity index (χ4n) is 2.88. The molecule has 3 rings (SSSR count). The number of aromatic nitrogens is 2. The second kappa shape index (κ2) is 8.98. The fraction of sp³-hybridized carbons (Fsp3) is 0.238. The summed E-state index contributed by atoms with van der Waals surface area (Å²) in [5.74, 6) is 0.593. The van der Waals surface area contributed by atoms with Crippen molar-refractivity contribution in [1.82, 2.24) is 20.0 Å². The third-order valence-corrected chi connectivity index (χ3v) is 4.31. The largest absolute Gasteiger partial charge is 0.356 e. The van der Waals surface area contributed by atoms with E-state index in [2.05, 4.69) is 39.7 Å². The summed E-state index contributed by atoms with van der Waals surface area (Å²) in [6.45, 7) is 1.44. The van der Waals surface area contributed by atoms with Crippen LogP contribution in [-0.2, 0) is 13.0 Å². The van der Waals surface area contributed by atoms with Crippen LogP contribution in [0.2, 0.25) is 0 Å². The lowest BCUT2D eigenvalue weighted by molar-refractivity contribution is 0.476. The topological polar surface area (TPSA) is 45.5 Å². The molecule has 0 aliphatic carbocycles. The second-order valence-corrected chi connectivity index (χ2v) is 6.32. The summed E-state index contributed by atoms with van der Waals surface area (Å²) in [4.78, 5) is 6.35. The Morgan fingerprint density at radius 2 is 1.81 bits per heavy atom. The summed E-state index contributed by atoms with van der Waals surface area (Å²) in [7, 11) is 3.74. The first-order chi connectivity index (χ1) is 13.2. The summed E-state index contributed by atoms with van der Waals surface area (Å²) in [5.41, 5.74) is 3.33. The van der Waals surface area contributed by atoms with Gasteiger partial charge in [0.15, 0.2) is 5.96 Å². The number of guanidine groups is 1. The number of nitrogens with one attached hydrogen (secondary N) is 1. The first-order valence-electron chi connectivity index (χ1n) is 8.91. The minimum absolute atomic E-state index is 0.220. The molecule has 0 radical (unpaired) electrons. The molecular formula is C21H24FN5. The maximum absolute atomic E-state index is 13.0. The molecule has 0 atom stereocenters. The first kappa shape index (κ1) is 18.6. The van der Waals surface area contributed by atoms with Gasteiger partial charge in [0.2, 0.25) is 0 Å². The standard InChI is InChI=1S/C21H24FN5/c1-23-21(26(2)16-18-4-8-19(22)9-5-18)24-14-12-17-6-10-20(11-7-17)27-15-3-13-25-27/h3-11,13,15H,12,14,16H2,1-2H3,(H,23,24). The number of nitrogens with zero attached hydrogens (tertiary/aromatic N) is 4. The fourth-order valence-corrected chi connectivity index (χ4v) is 2.88. The van der Waals surface area contributed by atoms with Crippen LogP contribution < -0.4 is 5.32 Å². The summed E-state index contributed by atoms with van der Waals surface area (Å²) in [6, 6.07) is 16.8. The van der Waals surface area contributed by atoms with Gasteiger partial charge in [0.05, 0.1) is 5.69 Å². The SMILES string of the molecule is CN=C(NCCc1ccc(-n2cccn2)cc1)N(C)Cc1ccc(F)cc1. The van der Waals surface area contributed by atoms with Crippen molar-refractivity contribution in [3.8, 4) is 5.69 Å². The highest BCUT2D eigenvalue weighted by atomic mass is 19.1. The van der Waals surface area contributed by atoms with Crippen molar-refractivity contribution in [1.29, 1.82) is 0 Å². The monoisotopic (exact) mass is 365 g/mol. The molecule has 0 unspecified atom stereocenters. The van der Waals surface area contributed by atoms with Crippen molar-refractivity contribution in [3.63, 3.8) is 0 Å². The van der Waals surface area contributed by atoms with Gasteiger partial charge in [0.1, 0.15) is 5.82 Å². The second-order valence-electron chi connectivity index (χ2n) is 6.32. The zero-order valence-electron chi connectivity index (χ0n) is 15.6. The van der Waals surface area contributed by atoms with Crippen LogP contribution in [0.15, 0.2) is 72.0 Å². The quantitative estimate of drug-likeness (QED) is 0.539. The van der Waals surface area contributed by atoms with Crippen molar-refractivity contribution >= 4 is 5.96 Å². The van der Waals surface area contributed by atoms with Crippen LogP contribution in [0.5, 0.6) is 0 Å². The maximum atomic E-state index is 13.0. The minimum Gasteiger partial charge on any atom is -0.356 e. The Kier molecular flexibility index (Phi) is 6.20. The van der Waals surface area contributed by atoms with Gasteiger partial charge in [-0.25, -0.2) is 9.07 Å². The van der Waals surface area contributed by atoms with Gasteiger partial charge in [0, 0.05) is 39.6 Å². The zero-order chi connectivity index (χ0) is 19.1. The van der Waals surface area contributed by atoms with Crippen LogP contribution in [0.25, 0.3) is 5.69 Å². The van der Waals surface area contributed by atoms with Crippen LogP contribution >= 0.6 is 0 Å². The molecule has 2 aromatic carbocycles. The number of hydrogen-bond donors (Lipinski definition) is 1. The Bertz CT molecular complexity index is 855. The van der Waals surface area contributed by atoms with E-state index in [1.807, 2.05) is 28.9 Å². The van der Waals surface area contributed by atoms with E-state index in [-0.39, 0.29) is 5.82 Å². The smallest absolute Gasteiger partial charge is 0.193 e. The molecule has 5 nitrogen and oxygen atoms in total. The average Bonchev–Trinajstić information content (AvgIpc) is 3.22. The average molecular weight is 365 g/mol. The summed E-state index contributed by atoms with van der Waals surface area (Å²) in [5, 5.41) is 7.61. The van der Waals surface area contributed by atoms with Crippen LogP contribution in [0.1, 0.15) is 11.1 Å². The lowest BCUT2D eigenvalue weighted by Gasteiger charge is -2.22. The number of hydrogen-bond acceptors (Lipinski definition) is 2. The van der Waals surface area contributed by atoms with Gasteiger partial charge in [0.25, 0.3) is 0 Å². The molecule has 0 amide bonds. The highest BCUT2D eigenvalue weighted by Gasteiger charge is 2.06. The van der Waals surface area contributed by atoms with Crippen LogP contribution in [-0.4, -0.2) is 41.3 Å². The lowest BCUT2D eigenvalue weighted by Crippen LogP contribution is -2.39. The van der Waals surface area contributed by atoms with Gasteiger partial charge in [-0.05, 0) is 47.9 Å². The minimum atomic E-state index is -0.220. The van der Waals surface area contributed by atoms with E-state index in [0.717, 1.165) is 30.2 Å². The van der Waals surface area contributed by atoms with Crippen LogP contribution in [0.3, 0.4) is 0 Å². The van der Waals surface area contributed by atoms with Crippen molar-refractivity contribution < 1.29 is 4.39 Å². The Morgan fingerprint density at radius 3 is 2.44 bits per heavy atom. The van der Waals surface area contributed by atoms with Crippen molar-refractivity contribution in [2.45, 2.75) is 13.0 Å². The lowest BCUT2D eigenvalue weighted by atomic mass is 10.1. The molecule has 1 N–H and O–H groups in total. The number of halogens is 1. The van der Waals surface area contributed by atoms with Crippen molar-refractivity contribution in [3.05, 3.63) is 83.9 Å². The molecule has 6 heteroatoms. The Balaban J connectivity index is 1.49. The molecule has 0 bridgehead atoms. The Labute approximate surface area is 159 Å². The predicted molar refractivity (Wildman–Crippen MR) is 106 cm³/mol. The van der Waals surface area contributed by atoms with Gasteiger partial charge < -0.3 is 10.2 Å². The molecular weight excluding hydrogens is 341 g/mol. The van der Waals surface area contributed by atoms with Crippen molar-refractivity contribution in [2.75, 3.05) is 20.6 Å². The maximum Gasteiger partial charge on any atom is 0.193 e. The van der Waals surface area contributed by atoms with Crippen molar-refractivity contribution in [2.24, 2.45) is 4.99 Å². The van der Waals surface area contributed by atoms with E-state index in [9.17, 15) is 4.39 Å². The predicted octanol–water partition coefficient (Wildman–Crippen LogP) is 3.26. The third-order valence-electron chi connectivity index (χ3n) is 4.31. The highest BCUT2D eigenvalue weighted by molar-refractivity contribution is 5.79. The van der Waals surface area contributed by atoms with E-state index < -0.39 is 0 Å². The molecule has 0 aliphatic rings. The number of aliphatic imine (C=N–C) groups is 1. The Hall–Kier alpha value is -3.15. The van der Waals surface area contributed by atoms with E-state index in [0.29, 0.717) is 6.54 Å². The van der Waals surface area contributed by atoms with E-state index in [1.165, 1.54) is 17.7 Å². The molecule has 3 aromatic rings. The summed E-state index contributed by atoms with van der Waals surface area (Å²) >= 11 is 0.